The summed E-state index contributed by atoms with van der Waals surface area (Å²) >= 11 is 3.73. The van der Waals surface area contributed by atoms with Crippen molar-refractivity contribution in [1.82, 2.24) is 14.8 Å². The van der Waals surface area contributed by atoms with Gasteiger partial charge in [0.1, 0.15) is 19.3 Å². The molecule has 0 spiro atoms. The van der Waals surface area contributed by atoms with Crippen LogP contribution in [0.3, 0.4) is 0 Å². The van der Waals surface area contributed by atoms with Crippen LogP contribution < -0.4 is 4.74 Å². The molecule has 2 aliphatic heterocycles. The Kier molecular flexibility index (Phi) is 7.51. The van der Waals surface area contributed by atoms with Gasteiger partial charge >= 0.3 is 0 Å². The Hall–Kier alpha value is -1.97. The van der Waals surface area contributed by atoms with Crippen molar-refractivity contribution in [3.05, 3.63) is 57.1 Å². The van der Waals surface area contributed by atoms with Crippen LogP contribution in [-0.2, 0) is 0 Å². The monoisotopic (exact) mass is 587 g/mol. The van der Waals surface area contributed by atoms with Crippen LogP contribution in [0.5, 0.6) is 5.75 Å². The van der Waals surface area contributed by atoms with Crippen molar-refractivity contribution in [2.45, 2.75) is 38.1 Å². The van der Waals surface area contributed by atoms with E-state index in [0.29, 0.717) is 6.04 Å². The summed E-state index contributed by atoms with van der Waals surface area (Å²) in [5, 5.41) is 0.900. The smallest absolute Gasteiger partial charge is 0.266 e. The minimum atomic E-state index is 0.139. The predicted octanol–water partition coefficient (Wildman–Crippen LogP) is 6.18. The van der Waals surface area contributed by atoms with Crippen LogP contribution in [0.15, 0.2) is 48.5 Å². The first kappa shape index (κ1) is 23.8. The first-order valence-corrected chi connectivity index (χ1v) is 14.0. The Morgan fingerprint density at radius 2 is 1.50 bits per heavy atom. The number of rotatable bonds is 5. The summed E-state index contributed by atoms with van der Waals surface area (Å²) in [7, 11) is 1.68. The molecule has 3 aromatic rings. The van der Waals surface area contributed by atoms with Gasteiger partial charge in [-0.1, -0.05) is 42.8 Å². The van der Waals surface area contributed by atoms with Gasteiger partial charge < -0.3 is 14.5 Å². The summed E-state index contributed by atoms with van der Waals surface area (Å²) in [5.41, 5.74) is 3.33. The van der Waals surface area contributed by atoms with Gasteiger partial charge in [-0.25, -0.2) is 4.98 Å². The van der Waals surface area contributed by atoms with Gasteiger partial charge in [0.25, 0.3) is 5.91 Å². The number of amides is 1. The van der Waals surface area contributed by atoms with E-state index in [1.807, 2.05) is 17.0 Å². The van der Waals surface area contributed by atoms with Gasteiger partial charge in [-0.15, -0.1) is 11.3 Å². The fourth-order valence-electron chi connectivity index (χ4n) is 5.01. The average molecular weight is 588 g/mol. The molecular weight excluding hydrogens is 557 g/mol. The SMILES string of the molecule is COc1ccc(-c2ccc(-c3nc(I)c(C(=O)N4CCC(N5CCCCC5)CC4)s3)cc2)cc1. The number of nitrogens with zero attached hydrogens (tertiary/aromatic N) is 3. The maximum absolute atomic E-state index is 13.3. The van der Waals surface area contributed by atoms with Gasteiger partial charge in [-0.3, -0.25) is 4.79 Å². The second-order valence-electron chi connectivity index (χ2n) is 9.06. The number of aromatic nitrogens is 1. The number of piperidine rings is 2. The van der Waals surface area contributed by atoms with Crippen molar-refractivity contribution in [3.8, 4) is 27.4 Å². The van der Waals surface area contributed by atoms with E-state index in [0.717, 1.165) is 62.0 Å². The highest BCUT2D eigenvalue weighted by atomic mass is 127. The van der Waals surface area contributed by atoms with Gasteiger partial charge in [0.05, 0.1) is 7.11 Å². The van der Waals surface area contributed by atoms with E-state index in [1.54, 1.807) is 7.11 Å². The summed E-state index contributed by atoms with van der Waals surface area (Å²) in [6, 6.07) is 17.1. The number of likely N-dealkylation sites (tertiary alicyclic amines) is 2. The normalized spacial score (nSPS) is 17.6. The number of thiazole rings is 1. The Balaban J connectivity index is 1.25. The van der Waals surface area contributed by atoms with Crippen LogP contribution in [0.2, 0.25) is 0 Å². The summed E-state index contributed by atoms with van der Waals surface area (Å²) in [5.74, 6) is 0.991. The maximum atomic E-state index is 13.3. The minimum Gasteiger partial charge on any atom is -0.497 e. The van der Waals surface area contributed by atoms with Gasteiger partial charge in [0, 0.05) is 24.7 Å². The molecule has 7 heteroatoms. The molecule has 1 aromatic heterocycles. The number of halogens is 1. The Morgan fingerprint density at radius 3 is 2.12 bits per heavy atom. The lowest BCUT2D eigenvalue weighted by molar-refractivity contribution is 0.0593. The van der Waals surface area contributed by atoms with Crippen LogP contribution >= 0.6 is 33.9 Å². The molecule has 3 heterocycles. The molecule has 1 amide bonds. The highest BCUT2D eigenvalue weighted by molar-refractivity contribution is 14.1. The topological polar surface area (TPSA) is 45.7 Å². The Labute approximate surface area is 219 Å². The lowest BCUT2D eigenvalue weighted by Crippen LogP contribution is -2.48. The number of hydrogen-bond donors (Lipinski definition) is 0. The molecule has 178 valence electrons. The van der Waals surface area contributed by atoms with E-state index in [1.165, 1.54) is 43.7 Å². The molecule has 34 heavy (non-hydrogen) atoms. The molecule has 0 N–H and O–H groups in total. The lowest BCUT2D eigenvalue weighted by atomic mass is 10.00. The first-order chi connectivity index (χ1) is 16.6. The molecule has 0 radical (unpaired) electrons. The highest BCUT2D eigenvalue weighted by Gasteiger charge is 2.30. The van der Waals surface area contributed by atoms with Crippen molar-refractivity contribution >= 4 is 39.8 Å². The molecule has 0 atom stereocenters. The fraction of sp³-hybridized carbons (Fsp3) is 0.407. The molecule has 2 fully saturated rings. The number of carbonyl (C=O) groups is 1. The van der Waals surface area contributed by atoms with Crippen LogP contribution in [-0.4, -0.2) is 60.0 Å². The Morgan fingerprint density at radius 1 is 0.912 bits per heavy atom. The molecule has 0 unspecified atom stereocenters. The zero-order valence-corrected chi connectivity index (χ0v) is 22.5. The summed E-state index contributed by atoms with van der Waals surface area (Å²) in [4.78, 5) is 23.5. The predicted molar refractivity (Wildman–Crippen MR) is 147 cm³/mol. The quantitative estimate of drug-likeness (QED) is 0.335. The van der Waals surface area contributed by atoms with Crippen molar-refractivity contribution < 1.29 is 9.53 Å². The summed E-state index contributed by atoms with van der Waals surface area (Å²) in [6.07, 6.45) is 6.18. The van der Waals surface area contributed by atoms with E-state index in [4.69, 9.17) is 9.72 Å². The molecular formula is C27H30IN3O2S. The number of benzene rings is 2. The largest absolute Gasteiger partial charge is 0.497 e. The van der Waals surface area contributed by atoms with Gasteiger partial charge in [-0.05, 0) is 84.6 Å². The minimum absolute atomic E-state index is 0.139. The molecule has 0 aliphatic carbocycles. The van der Waals surface area contributed by atoms with Gasteiger partial charge in [0.2, 0.25) is 0 Å². The molecule has 5 nitrogen and oxygen atoms in total. The maximum Gasteiger partial charge on any atom is 0.266 e. The second kappa shape index (κ2) is 10.7. The number of methoxy groups -OCH3 is 1. The van der Waals surface area contributed by atoms with Crippen molar-refractivity contribution in [2.75, 3.05) is 33.3 Å². The number of hydrogen-bond acceptors (Lipinski definition) is 5. The van der Waals surface area contributed by atoms with Crippen molar-refractivity contribution in [3.63, 3.8) is 0 Å². The van der Waals surface area contributed by atoms with Gasteiger partial charge in [0.15, 0.2) is 0 Å². The van der Waals surface area contributed by atoms with E-state index < -0.39 is 0 Å². The summed E-state index contributed by atoms with van der Waals surface area (Å²) in [6.45, 7) is 4.15. The highest BCUT2D eigenvalue weighted by Crippen LogP contribution is 2.33. The van der Waals surface area contributed by atoms with E-state index in [-0.39, 0.29) is 5.91 Å². The molecule has 5 rings (SSSR count). The second-order valence-corrected chi connectivity index (χ2v) is 11.1. The summed E-state index contributed by atoms with van der Waals surface area (Å²) < 4.78 is 6.06. The third kappa shape index (κ3) is 5.16. The lowest BCUT2D eigenvalue weighted by Gasteiger charge is -2.40. The zero-order valence-electron chi connectivity index (χ0n) is 19.5. The molecule has 0 saturated carbocycles. The molecule has 2 aliphatic rings. The zero-order chi connectivity index (χ0) is 23.5. The molecule has 2 aromatic carbocycles. The van der Waals surface area contributed by atoms with Crippen LogP contribution in [0.4, 0.5) is 0 Å². The average Bonchev–Trinajstić information content (AvgIpc) is 3.30. The fourth-order valence-corrected chi connectivity index (χ4v) is 6.90. The first-order valence-electron chi connectivity index (χ1n) is 12.1. The van der Waals surface area contributed by atoms with E-state index in [2.05, 4.69) is 63.9 Å². The van der Waals surface area contributed by atoms with Crippen molar-refractivity contribution in [2.24, 2.45) is 0 Å². The Bertz CT molecular complexity index is 1120. The number of carbonyl (C=O) groups excluding carboxylic acids is 1. The number of ether oxygens (including phenoxy) is 1. The van der Waals surface area contributed by atoms with E-state index >= 15 is 0 Å². The van der Waals surface area contributed by atoms with Crippen molar-refractivity contribution in [1.29, 1.82) is 0 Å². The molecule has 0 bridgehead atoms. The van der Waals surface area contributed by atoms with Crippen LogP contribution in [0.25, 0.3) is 21.7 Å². The molecule has 2 saturated heterocycles. The van der Waals surface area contributed by atoms with E-state index in [9.17, 15) is 4.79 Å². The van der Waals surface area contributed by atoms with Crippen LogP contribution in [0, 0.1) is 3.70 Å². The van der Waals surface area contributed by atoms with Crippen LogP contribution in [0.1, 0.15) is 41.8 Å². The van der Waals surface area contributed by atoms with Gasteiger partial charge in [-0.2, -0.15) is 0 Å². The standard InChI is InChI=1S/C27H30IN3O2S/c1-33-23-11-9-20(10-12-23)19-5-7-21(8-6-19)26-29-25(28)24(34-26)27(32)31-17-13-22(14-18-31)30-15-3-2-4-16-30/h5-12,22H,2-4,13-18H2,1H3. The third-order valence-corrected chi connectivity index (χ3v) is 9.23. The third-order valence-electron chi connectivity index (χ3n) is 6.99.